The Balaban J connectivity index is 0.000000116. The zero-order valence-corrected chi connectivity index (χ0v) is 73.2. The van der Waals surface area contributed by atoms with Crippen LogP contribution in [0, 0.1) is 48.7 Å². The smallest absolute Gasteiger partial charge is 0.304 e. The van der Waals surface area contributed by atoms with Gasteiger partial charge in [0.15, 0.2) is 11.6 Å². The summed E-state index contributed by atoms with van der Waals surface area (Å²) in [4.78, 5) is 22.7. The van der Waals surface area contributed by atoms with E-state index in [1.54, 1.807) is 6.92 Å². The molecule has 0 fully saturated rings. The molecule has 3 unspecified atom stereocenters. The summed E-state index contributed by atoms with van der Waals surface area (Å²) in [5.41, 5.74) is 23.2. The van der Waals surface area contributed by atoms with Crippen molar-refractivity contribution < 1.29 is 55.6 Å². The van der Waals surface area contributed by atoms with Gasteiger partial charge >= 0.3 is 6.01 Å². The Morgan fingerprint density at radius 3 is 1.99 bits per heavy atom. The second kappa shape index (κ2) is 32.5. The predicted molar refractivity (Wildman–Crippen MR) is 507 cm³/mol. The van der Waals surface area contributed by atoms with E-state index in [4.69, 9.17) is 19.4 Å². The molecule has 3 atom stereocenters. The first kappa shape index (κ1) is 80.7. The first-order chi connectivity index (χ1) is 61.1. The summed E-state index contributed by atoms with van der Waals surface area (Å²) in [6, 6.07) is 128. The molecule has 631 valence electrons. The summed E-state index contributed by atoms with van der Waals surface area (Å²) in [7, 11) is 5.64. The van der Waals surface area contributed by atoms with Gasteiger partial charge in [-0.3, -0.25) is 4.57 Å². The molecule has 127 heavy (non-hydrogen) atoms. The zero-order valence-electron chi connectivity index (χ0n) is 69.5. The van der Waals surface area contributed by atoms with E-state index in [0.717, 1.165) is 173 Å². The third-order valence-corrected chi connectivity index (χ3v) is 27.9. The van der Waals surface area contributed by atoms with Crippen molar-refractivity contribution in [1.29, 1.82) is 0 Å². The van der Waals surface area contributed by atoms with Crippen molar-refractivity contribution in [3.05, 3.63) is 373 Å². The molecule has 0 saturated heterocycles. The topological polar surface area (TPSA) is 112 Å². The first-order valence-corrected chi connectivity index (χ1v) is 43.8. The number of likely N-dealkylation sites (N-methyl/N-ethyl adjacent to an activating group) is 2. The van der Waals surface area contributed by atoms with Crippen LogP contribution in [0.4, 0.5) is 29.0 Å². The van der Waals surface area contributed by atoms with Crippen LogP contribution in [0.25, 0.3) is 165 Å². The second-order valence-electron chi connectivity index (χ2n) is 32.8. The Bertz CT molecular complexity index is 8090. The van der Waals surface area contributed by atoms with Gasteiger partial charge in [0.1, 0.15) is 11.4 Å². The van der Waals surface area contributed by atoms with Gasteiger partial charge in [-0.15, -0.1) is 164 Å². The number of hydrogen-bond acceptors (Lipinski definition) is 8. The van der Waals surface area contributed by atoms with E-state index < -0.39 is 7.53 Å². The minimum atomic E-state index is -0.803. The van der Waals surface area contributed by atoms with Gasteiger partial charge in [0.05, 0.1) is 17.3 Å². The number of fused-ring (bicyclic) bond motifs is 19. The van der Waals surface area contributed by atoms with Crippen LogP contribution in [0.5, 0.6) is 0 Å². The molecule has 14 aromatic carbocycles. The maximum Gasteiger partial charge on any atom is 0.304 e. The van der Waals surface area contributed by atoms with Gasteiger partial charge in [0, 0.05) is 107 Å². The van der Waals surface area contributed by atoms with Crippen LogP contribution in [0.15, 0.2) is 301 Å². The number of imidazole rings is 1. The van der Waals surface area contributed by atoms with Crippen LogP contribution in [0.1, 0.15) is 54.0 Å². The molecule has 0 amide bonds. The van der Waals surface area contributed by atoms with Gasteiger partial charge in [-0.2, -0.15) is 87.5 Å². The summed E-state index contributed by atoms with van der Waals surface area (Å²) < 4.78 is 17.6. The number of para-hydroxylation sites is 6. The Kier molecular flexibility index (Phi) is 20.7. The van der Waals surface area contributed by atoms with Crippen LogP contribution in [-0.2, 0) is 64.7 Å². The van der Waals surface area contributed by atoms with Gasteiger partial charge in [0.25, 0.3) is 0 Å². The second-order valence-corrected chi connectivity index (χ2v) is 34.7. The molecule has 2 aliphatic carbocycles. The summed E-state index contributed by atoms with van der Waals surface area (Å²) in [5, 5.41) is 26.6. The normalized spacial score (nSPS) is 14.6. The molecule has 14 nitrogen and oxygen atoms in total. The van der Waals surface area contributed by atoms with Gasteiger partial charge in [0.2, 0.25) is 5.95 Å². The fourth-order valence-electron chi connectivity index (χ4n) is 19.7. The van der Waals surface area contributed by atoms with Crippen molar-refractivity contribution >= 4 is 151 Å². The van der Waals surface area contributed by atoms with E-state index >= 15 is 0 Å². The number of pyridine rings is 1. The molecular formula is C109H77Cu3N13OP-9. The fraction of sp³-hybridized carbons (Fsp3) is 0.119. The van der Waals surface area contributed by atoms with Crippen molar-refractivity contribution in [3.63, 3.8) is 0 Å². The van der Waals surface area contributed by atoms with Gasteiger partial charge in [-0.05, 0) is 89.0 Å². The maximum atomic E-state index is 10.4. The van der Waals surface area contributed by atoms with Crippen molar-refractivity contribution in [1.82, 2.24) is 37.9 Å². The fourth-order valence-corrected chi connectivity index (χ4v) is 21.8. The molecular weight excluding hydrogens is 1730 g/mol. The van der Waals surface area contributed by atoms with Crippen LogP contribution >= 0.6 is 7.53 Å². The maximum absolute atomic E-state index is 10.4. The zero-order chi connectivity index (χ0) is 82.5. The van der Waals surface area contributed by atoms with Crippen molar-refractivity contribution in [2.75, 3.05) is 60.0 Å². The van der Waals surface area contributed by atoms with E-state index in [1.807, 2.05) is 54.6 Å². The van der Waals surface area contributed by atoms with Crippen LogP contribution in [0.3, 0.4) is 0 Å². The molecule has 26 rings (SSSR count). The summed E-state index contributed by atoms with van der Waals surface area (Å²) in [5.74, 6) is 6.22. The molecule has 8 aromatic heterocycles. The number of aryl methyl sites for hydroxylation is 2. The summed E-state index contributed by atoms with van der Waals surface area (Å²) in [6.07, 6.45) is 6.60. The van der Waals surface area contributed by atoms with E-state index in [0.29, 0.717) is 11.7 Å². The van der Waals surface area contributed by atoms with E-state index in [2.05, 4.69) is 355 Å². The molecule has 0 saturated carbocycles. The van der Waals surface area contributed by atoms with Crippen LogP contribution in [-0.4, -0.2) is 83.9 Å². The third kappa shape index (κ3) is 13.3. The minimum absolute atomic E-state index is 0. The van der Waals surface area contributed by atoms with Crippen LogP contribution < -0.4 is 19.7 Å². The van der Waals surface area contributed by atoms with Gasteiger partial charge in [-0.1, -0.05) is 206 Å². The predicted octanol–water partition coefficient (Wildman–Crippen LogP) is 25.0. The molecule has 4 aliphatic rings. The van der Waals surface area contributed by atoms with Gasteiger partial charge < -0.3 is 43.2 Å². The Morgan fingerprint density at radius 2 is 1.18 bits per heavy atom. The number of benzene rings is 14. The summed E-state index contributed by atoms with van der Waals surface area (Å²) >= 11 is 0. The standard InChI is InChI=1S/C43H26N4P.C35H29N6.C31H22N3O.3Cu/c1-45-36-15-7-3-11-29(36)24-41(45)48-23-21-28-18-19-40(44-43(28)48)47-38-17-9-6-13-31(38)34-25-33-30-12-4-5-14-32(30)42(35(33)26-39(34)47)46-22-20-27-10-2-8-16-37(27)46;1-37-19-21-39(29-12-4-3-5-13-29)33-34(37)41-35(36-33)40(22-20-38(41)2)30-18-17-26-11-8-14-31(32(26)24-30)28-16-15-25-9-6-7-10-27(25)23-28;1-19(32)22-13-7-11-21-17-26-24-12-5-6-15-27(24)34(28(26)18-25(21)22)31-33-30-23(14-8-16-29(30)35-31)20-9-3-2-4-10-20;;;/h2-21,23,25,42H,1H3;3-12,14-15,17-18,23H,19-22H2,1-2H3;2-6,8-9,12,14-17,22H,7,11,13H2,1H3;;;/q3*-3;;;. The molecule has 0 N–H and O–H groups in total. The molecule has 22 aromatic rings. The van der Waals surface area contributed by atoms with Crippen LogP contribution in [0.2, 0.25) is 0 Å². The van der Waals surface area contributed by atoms with E-state index in [-0.39, 0.29) is 63.2 Å². The Hall–Kier alpha value is -13.4. The monoisotopic (exact) mass is 1800 g/mol. The summed E-state index contributed by atoms with van der Waals surface area (Å²) in [6.45, 7) is 5.25. The number of aromatic nitrogens is 8. The molecule has 10 heterocycles. The quantitative estimate of drug-likeness (QED) is 0.0798. The molecule has 0 bridgehead atoms. The Labute approximate surface area is 767 Å². The van der Waals surface area contributed by atoms with Crippen molar-refractivity contribution in [3.8, 4) is 50.6 Å². The molecule has 2 aliphatic heterocycles. The average molecular weight is 1810 g/mol. The molecule has 18 heteroatoms. The number of nitrogens with zero attached hydrogens (tertiary/aromatic N) is 13. The number of rotatable bonds is 9. The number of anilines is 5. The number of oxazole rings is 1. The molecule has 0 spiro atoms. The SMILES string of the molecule is CC(=[N-])C1CCCc2cc3c4ccccc4n(-c4nc5c(-c6[c-]cccc6)cccc5o4)c3[c-]c21.CN1CCN(c2[c-]cccc2)c2nc3n(c21)N(C)CCN3c1[c-]c2c(-c3[c-]cc4ccccc4c3)cccc2cc1.Cn1c(-p2ccc3ccc(-n4c5[c-]c6c(cc5c5ccccc54)-c4ccccc4C6n4[c-]cc5ccccc54)nc32)[c-]c2ccccc21.[Cu].[Cu].[Cu]. The van der Waals surface area contributed by atoms with E-state index in [1.165, 1.54) is 76.6 Å². The largest absolute Gasteiger partial charge is 0.811 e. The van der Waals surface area contributed by atoms with E-state index in [9.17, 15) is 5.41 Å². The number of hydrogen-bond donors (Lipinski definition) is 0. The minimum Gasteiger partial charge on any atom is -0.811 e. The average Bonchev–Trinajstić information content (AvgIpc) is 1.56. The van der Waals surface area contributed by atoms with Crippen molar-refractivity contribution in [2.24, 2.45) is 7.05 Å². The third-order valence-electron chi connectivity index (χ3n) is 25.7. The van der Waals surface area contributed by atoms with Gasteiger partial charge in [-0.25, -0.2) is 20.4 Å². The molecule has 3 radical (unpaired) electrons. The Morgan fingerprint density at radius 1 is 0.496 bits per heavy atom. The first-order valence-electron chi connectivity index (χ1n) is 42.4. The van der Waals surface area contributed by atoms with Crippen molar-refractivity contribution in [2.45, 2.75) is 38.1 Å².